The summed E-state index contributed by atoms with van der Waals surface area (Å²) in [6.07, 6.45) is 2.95. The van der Waals surface area contributed by atoms with Crippen LogP contribution < -0.4 is 5.32 Å². The lowest BCUT2D eigenvalue weighted by Gasteiger charge is -2.27. The van der Waals surface area contributed by atoms with Gasteiger partial charge < -0.3 is 14.8 Å². The normalized spacial score (nSPS) is 14.6. The van der Waals surface area contributed by atoms with Crippen LogP contribution in [-0.2, 0) is 7.05 Å². The number of nitrogens with zero attached hydrogens (tertiary/aromatic N) is 2. The van der Waals surface area contributed by atoms with Crippen LogP contribution >= 0.6 is 0 Å². The number of nitrogens with one attached hydrogen (secondary N) is 1. The number of amides is 1. The van der Waals surface area contributed by atoms with Crippen LogP contribution in [0.5, 0.6) is 0 Å². The third kappa shape index (κ3) is 3.88. The van der Waals surface area contributed by atoms with E-state index in [0.29, 0.717) is 11.6 Å². The molecule has 1 N–H and O–H groups in total. The molecule has 0 saturated carbocycles. The zero-order chi connectivity index (χ0) is 13.7. The fourth-order valence-corrected chi connectivity index (χ4v) is 1.99. The Balaban J connectivity index is 2.71. The Morgan fingerprint density at radius 1 is 1.50 bits per heavy atom. The highest BCUT2D eigenvalue weighted by Gasteiger charge is 2.20. The summed E-state index contributed by atoms with van der Waals surface area (Å²) in [5.41, 5.74) is 0.710. The van der Waals surface area contributed by atoms with Gasteiger partial charge in [0.1, 0.15) is 5.69 Å². The number of carbonyl (C=O) groups is 1. The topological polar surface area (TPSA) is 37.3 Å². The van der Waals surface area contributed by atoms with E-state index in [1.807, 2.05) is 44.0 Å². The number of carbonyl (C=O) groups excluding carboxylic acids is 1. The summed E-state index contributed by atoms with van der Waals surface area (Å²) >= 11 is 0. The summed E-state index contributed by atoms with van der Waals surface area (Å²) in [5.74, 6) is 0.478. The van der Waals surface area contributed by atoms with E-state index in [4.69, 9.17) is 0 Å². The number of aryl methyl sites for hydroxylation is 1. The largest absolute Gasteiger partial charge is 0.347 e. The number of rotatable bonds is 6. The Kier molecular flexibility index (Phi) is 5.41. The third-order valence-electron chi connectivity index (χ3n) is 3.39. The van der Waals surface area contributed by atoms with Crippen LogP contribution in [0.15, 0.2) is 18.3 Å². The van der Waals surface area contributed by atoms with Gasteiger partial charge in [0.2, 0.25) is 0 Å². The van der Waals surface area contributed by atoms with Crippen molar-refractivity contribution >= 4 is 5.91 Å². The summed E-state index contributed by atoms with van der Waals surface area (Å²) < 4.78 is 1.85. The molecule has 18 heavy (non-hydrogen) atoms. The van der Waals surface area contributed by atoms with Crippen molar-refractivity contribution in [2.24, 2.45) is 13.0 Å². The molecule has 0 spiro atoms. The highest BCUT2D eigenvalue weighted by Crippen LogP contribution is 2.10. The van der Waals surface area contributed by atoms with Crippen LogP contribution in [0.1, 0.15) is 30.8 Å². The van der Waals surface area contributed by atoms with Gasteiger partial charge >= 0.3 is 0 Å². The summed E-state index contributed by atoms with van der Waals surface area (Å²) in [4.78, 5) is 14.3. The van der Waals surface area contributed by atoms with Crippen molar-refractivity contribution in [3.63, 3.8) is 0 Å². The average Bonchev–Trinajstić information content (AvgIpc) is 2.73. The molecule has 0 aliphatic carbocycles. The minimum atomic E-state index is 0.00894. The second-order valence-corrected chi connectivity index (χ2v) is 5.23. The molecule has 0 unspecified atom stereocenters. The van der Waals surface area contributed by atoms with Gasteiger partial charge in [0.25, 0.3) is 5.91 Å². The Labute approximate surface area is 110 Å². The molecule has 0 radical (unpaired) electrons. The zero-order valence-electron chi connectivity index (χ0n) is 12.1. The van der Waals surface area contributed by atoms with E-state index in [1.165, 1.54) is 0 Å². The van der Waals surface area contributed by atoms with Crippen LogP contribution in [0.25, 0.3) is 0 Å². The van der Waals surface area contributed by atoms with Gasteiger partial charge in [-0.1, -0.05) is 20.3 Å². The first-order valence-corrected chi connectivity index (χ1v) is 6.52. The van der Waals surface area contributed by atoms with E-state index in [9.17, 15) is 4.79 Å². The summed E-state index contributed by atoms with van der Waals surface area (Å²) in [7, 11) is 5.95. The molecule has 4 heteroatoms. The van der Waals surface area contributed by atoms with Gasteiger partial charge in [-0.15, -0.1) is 0 Å². The van der Waals surface area contributed by atoms with E-state index in [2.05, 4.69) is 24.1 Å². The molecule has 0 bridgehead atoms. The lowest BCUT2D eigenvalue weighted by Crippen LogP contribution is -2.46. The molecule has 1 amide bonds. The Bertz CT molecular complexity index is 384. The molecule has 0 fully saturated rings. The Morgan fingerprint density at radius 3 is 2.61 bits per heavy atom. The number of hydrogen-bond acceptors (Lipinski definition) is 2. The molecule has 1 rings (SSSR count). The van der Waals surface area contributed by atoms with Crippen molar-refractivity contribution in [3.8, 4) is 0 Å². The monoisotopic (exact) mass is 251 g/mol. The molecule has 0 aromatic carbocycles. The van der Waals surface area contributed by atoms with Crippen molar-refractivity contribution < 1.29 is 4.79 Å². The maximum atomic E-state index is 12.2. The lowest BCUT2D eigenvalue weighted by molar-refractivity contribution is 0.0905. The number of aromatic nitrogens is 1. The first kappa shape index (κ1) is 14.8. The van der Waals surface area contributed by atoms with E-state index in [0.717, 1.165) is 13.0 Å². The molecule has 0 aliphatic heterocycles. The second kappa shape index (κ2) is 6.59. The van der Waals surface area contributed by atoms with E-state index in [1.54, 1.807) is 0 Å². The second-order valence-electron chi connectivity index (χ2n) is 5.23. The third-order valence-corrected chi connectivity index (χ3v) is 3.39. The van der Waals surface area contributed by atoms with Crippen LogP contribution in [0.3, 0.4) is 0 Å². The summed E-state index contributed by atoms with van der Waals surface area (Å²) in [6.45, 7) is 5.20. The van der Waals surface area contributed by atoms with Crippen LogP contribution in [0, 0.1) is 5.92 Å². The maximum Gasteiger partial charge on any atom is 0.268 e. The van der Waals surface area contributed by atoms with Gasteiger partial charge in [0.15, 0.2) is 0 Å². The fraction of sp³-hybridized carbons (Fsp3) is 0.643. The quantitative estimate of drug-likeness (QED) is 0.836. The molecule has 2 atom stereocenters. The highest BCUT2D eigenvalue weighted by molar-refractivity contribution is 5.92. The minimum absolute atomic E-state index is 0.00894. The van der Waals surface area contributed by atoms with E-state index in [-0.39, 0.29) is 11.9 Å². The minimum Gasteiger partial charge on any atom is -0.347 e. The molecular weight excluding hydrogens is 226 g/mol. The molecule has 1 aromatic rings. The van der Waals surface area contributed by atoms with Crippen molar-refractivity contribution in [2.45, 2.75) is 26.3 Å². The number of likely N-dealkylation sites (N-methyl/N-ethyl adjacent to an activating group) is 1. The molecular formula is C14H25N3O. The standard InChI is InChI=1S/C14H25N3O/c1-6-11(2)12(10-16(3)4)15-14(18)13-8-7-9-17(13)5/h7-9,11-12H,6,10H2,1-5H3,(H,15,18)/t11-,12+/m0/s1. The smallest absolute Gasteiger partial charge is 0.268 e. The first-order chi connectivity index (χ1) is 8.45. The predicted octanol–water partition coefficient (Wildman–Crippen LogP) is 1.73. The SMILES string of the molecule is CC[C@H](C)[C@@H](CN(C)C)NC(=O)c1cccn1C. The van der Waals surface area contributed by atoms with Gasteiger partial charge in [0, 0.05) is 25.8 Å². The molecule has 1 aromatic heterocycles. The molecule has 1 heterocycles. The van der Waals surface area contributed by atoms with Gasteiger partial charge in [0.05, 0.1) is 0 Å². The summed E-state index contributed by atoms with van der Waals surface area (Å²) in [6, 6.07) is 3.92. The van der Waals surface area contributed by atoms with E-state index >= 15 is 0 Å². The Hall–Kier alpha value is -1.29. The zero-order valence-corrected chi connectivity index (χ0v) is 12.1. The van der Waals surface area contributed by atoms with Gasteiger partial charge in [-0.25, -0.2) is 0 Å². The maximum absolute atomic E-state index is 12.2. The Morgan fingerprint density at radius 2 is 2.17 bits per heavy atom. The predicted molar refractivity (Wildman–Crippen MR) is 74.7 cm³/mol. The van der Waals surface area contributed by atoms with Gasteiger partial charge in [-0.3, -0.25) is 4.79 Å². The van der Waals surface area contributed by atoms with Crippen molar-refractivity contribution in [3.05, 3.63) is 24.0 Å². The molecule has 0 saturated heterocycles. The van der Waals surface area contributed by atoms with Gasteiger partial charge in [-0.2, -0.15) is 0 Å². The molecule has 4 nitrogen and oxygen atoms in total. The fourth-order valence-electron chi connectivity index (χ4n) is 1.99. The van der Waals surface area contributed by atoms with Crippen molar-refractivity contribution in [1.82, 2.24) is 14.8 Å². The summed E-state index contributed by atoms with van der Waals surface area (Å²) in [5, 5.41) is 3.14. The highest BCUT2D eigenvalue weighted by atomic mass is 16.2. The van der Waals surface area contributed by atoms with Crippen LogP contribution in [0.4, 0.5) is 0 Å². The average molecular weight is 251 g/mol. The molecule has 102 valence electrons. The van der Waals surface area contributed by atoms with Crippen LogP contribution in [0.2, 0.25) is 0 Å². The lowest BCUT2D eigenvalue weighted by atomic mass is 9.98. The van der Waals surface area contributed by atoms with Crippen molar-refractivity contribution in [2.75, 3.05) is 20.6 Å². The first-order valence-electron chi connectivity index (χ1n) is 6.52. The molecule has 0 aliphatic rings. The van der Waals surface area contributed by atoms with Crippen molar-refractivity contribution in [1.29, 1.82) is 0 Å². The van der Waals surface area contributed by atoms with Gasteiger partial charge in [-0.05, 0) is 32.1 Å². The van der Waals surface area contributed by atoms with Crippen LogP contribution in [-0.4, -0.2) is 42.1 Å². The number of hydrogen-bond donors (Lipinski definition) is 1. The van der Waals surface area contributed by atoms with E-state index < -0.39 is 0 Å².